The van der Waals surface area contributed by atoms with Crippen molar-refractivity contribution >= 4 is 40.6 Å². The summed E-state index contributed by atoms with van der Waals surface area (Å²) in [4.78, 5) is 11.7. The van der Waals surface area contributed by atoms with Gasteiger partial charge in [0, 0.05) is 5.69 Å². The van der Waals surface area contributed by atoms with Crippen LogP contribution in [0, 0.1) is 0 Å². The highest BCUT2D eigenvalue weighted by Crippen LogP contribution is 2.21. The Kier molecular flexibility index (Phi) is 7.03. The van der Waals surface area contributed by atoms with Crippen LogP contribution in [-0.4, -0.2) is 30.8 Å². The zero-order chi connectivity index (χ0) is 18.2. The van der Waals surface area contributed by atoms with Gasteiger partial charge in [0.25, 0.3) is 0 Å². The highest BCUT2D eigenvalue weighted by atomic mass is 35.5. The lowest BCUT2D eigenvalue weighted by atomic mass is 10.2. The highest BCUT2D eigenvalue weighted by molar-refractivity contribution is 7.80. The van der Waals surface area contributed by atoms with Gasteiger partial charge in [-0.3, -0.25) is 0 Å². The summed E-state index contributed by atoms with van der Waals surface area (Å²) in [6.45, 7) is 2.42. The van der Waals surface area contributed by atoms with E-state index in [1.54, 1.807) is 18.2 Å². The molecule has 0 saturated carbocycles. The number of methoxy groups -OCH3 is 1. The van der Waals surface area contributed by atoms with E-state index in [0.29, 0.717) is 22.4 Å². The second kappa shape index (κ2) is 9.25. The van der Waals surface area contributed by atoms with Crippen LogP contribution in [0.5, 0.6) is 5.75 Å². The maximum Gasteiger partial charge on any atom is 0.339 e. The van der Waals surface area contributed by atoms with Crippen LogP contribution in [0.4, 0.5) is 5.69 Å². The zero-order valence-electron chi connectivity index (χ0n) is 13.9. The Hall–Kier alpha value is -2.31. The molecule has 0 amide bonds. The van der Waals surface area contributed by atoms with Gasteiger partial charge in [-0.15, -0.1) is 0 Å². The number of carbonyl (C=O) groups is 1. The summed E-state index contributed by atoms with van der Waals surface area (Å²) in [6, 6.07) is 14.5. The number of esters is 1. The third-order valence-corrected chi connectivity index (χ3v) is 3.80. The zero-order valence-corrected chi connectivity index (χ0v) is 15.5. The molecule has 5 nitrogen and oxygen atoms in total. The van der Waals surface area contributed by atoms with Gasteiger partial charge in [0.2, 0.25) is 0 Å². The van der Waals surface area contributed by atoms with Crippen molar-refractivity contribution in [3.8, 4) is 5.75 Å². The third-order valence-electron chi connectivity index (χ3n) is 3.25. The average Bonchev–Trinajstić information content (AvgIpc) is 2.61. The number of hydrogen-bond donors (Lipinski definition) is 2. The number of nitrogens with one attached hydrogen (secondary N) is 2. The van der Waals surface area contributed by atoms with E-state index in [-0.39, 0.29) is 11.6 Å². The predicted octanol–water partition coefficient (Wildman–Crippen LogP) is 3.88. The molecule has 2 N–H and O–H groups in total. The van der Waals surface area contributed by atoms with E-state index in [2.05, 4.69) is 10.6 Å². The first kappa shape index (κ1) is 19.0. The van der Waals surface area contributed by atoms with Gasteiger partial charge in [0.15, 0.2) is 5.11 Å². The number of hydrogen-bond acceptors (Lipinski definition) is 4. The number of para-hydroxylation sites is 1. The van der Waals surface area contributed by atoms with Gasteiger partial charge in [-0.25, -0.2) is 4.79 Å². The van der Waals surface area contributed by atoms with E-state index in [4.69, 9.17) is 33.3 Å². The van der Waals surface area contributed by atoms with Gasteiger partial charge in [-0.2, -0.15) is 0 Å². The van der Waals surface area contributed by atoms with Crippen LogP contribution in [0.3, 0.4) is 0 Å². The van der Waals surface area contributed by atoms with Gasteiger partial charge in [0.1, 0.15) is 12.4 Å². The quantitative estimate of drug-likeness (QED) is 0.587. The molecule has 0 aliphatic rings. The molecular weight excluding hydrogens is 360 g/mol. The third kappa shape index (κ3) is 5.92. The SMILES string of the molecule is COC(=O)c1cc(NC(=S)NC(C)COc2ccccc2)ccc1Cl. The molecule has 0 spiro atoms. The van der Waals surface area contributed by atoms with Crippen LogP contribution in [0.2, 0.25) is 5.02 Å². The van der Waals surface area contributed by atoms with Crippen molar-refractivity contribution in [1.82, 2.24) is 5.32 Å². The molecule has 0 radical (unpaired) electrons. The van der Waals surface area contributed by atoms with Crippen LogP contribution in [0.1, 0.15) is 17.3 Å². The lowest BCUT2D eigenvalue weighted by Crippen LogP contribution is -2.39. The van der Waals surface area contributed by atoms with Crippen molar-refractivity contribution in [2.75, 3.05) is 19.0 Å². The molecule has 0 bridgehead atoms. The monoisotopic (exact) mass is 378 g/mol. The Morgan fingerprint density at radius 1 is 1.24 bits per heavy atom. The number of carbonyl (C=O) groups excluding carboxylic acids is 1. The first-order valence-electron chi connectivity index (χ1n) is 7.63. The fraction of sp³-hybridized carbons (Fsp3) is 0.222. The molecule has 2 rings (SSSR count). The molecule has 0 aliphatic carbocycles. The summed E-state index contributed by atoms with van der Waals surface area (Å²) in [7, 11) is 1.30. The summed E-state index contributed by atoms with van der Waals surface area (Å²) in [5.41, 5.74) is 0.913. The van der Waals surface area contributed by atoms with Crippen molar-refractivity contribution in [1.29, 1.82) is 0 Å². The Morgan fingerprint density at radius 3 is 2.64 bits per heavy atom. The van der Waals surface area contributed by atoms with Gasteiger partial charge in [-0.1, -0.05) is 29.8 Å². The molecule has 25 heavy (non-hydrogen) atoms. The number of rotatable bonds is 6. The maximum absolute atomic E-state index is 11.7. The van der Waals surface area contributed by atoms with Gasteiger partial charge in [0.05, 0.1) is 23.7 Å². The van der Waals surface area contributed by atoms with Crippen molar-refractivity contribution in [3.63, 3.8) is 0 Å². The van der Waals surface area contributed by atoms with Crippen LogP contribution in [-0.2, 0) is 4.74 Å². The Labute approximate surface area is 157 Å². The molecule has 1 atom stereocenters. The van der Waals surface area contributed by atoms with E-state index < -0.39 is 5.97 Å². The van der Waals surface area contributed by atoms with Crippen LogP contribution >= 0.6 is 23.8 Å². The molecule has 0 aliphatic heterocycles. The molecule has 0 fully saturated rings. The minimum Gasteiger partial charge on any atom is -0.491 e. The summed E-state index contributed by atoms with van der Waals surface area (Å²) in [6.07, 6.45) is 0. The van der Waals surface area contributed by atoms with E-state index >= 15 is 0 Å². The number of halogens is 1. The topological polar surface area (TPSA) is 59.6 Å². The number of ether oxygens (including phenoxy) is 2. The van der Waals surface area contributed by atoms with Gasteiger partial charge in [-0.05, 0) is 49.5 Å². The summed E-state index contributed by atoms with van der Waals surface area (Å²) in [5, 5.41) is 6.88. The lowest BCUT2D eigenvalue weighted by Gasteiger charge is -2.18. The van der Waals surface area contributed by atoms with E-state index in [1.165, 1.54) is 7.11 Å². The standard InChI is InChI=1S/C18H19ClN2O3S/c1-12(11-24-14-6-4-3-5-7-14)20-18(25)21-13-8-9-16(19)15(10-13)17(22)23-2/h3-10,12H,11H2,1-2H3,(H2,20,21,25). The molecule has 0 aromatic heterocycles. The van der Waals surface area contributed by atoms with Crippen LogP contribution in [0.15, 0.2) is 48.5 Å². The summed E-state index contributed by atoms with van der Waals surface area (Å²) < 4.78 is 10.4. The second-order valence-electron chi connectivity index (χ2n) is 5.31. The molecule has 7 heteroatoms. The minimum atomic E-state index is -0.503. The molecule has 1 unspecified atom stereocenters. The van der Waals surface area contributed by atoms with Crippen molar-refractivity contribution < 1.29 is 14.3 Å². The molecule has 132 valence electrons. The summed E-state index contributed by atoms with van der Waals surface area (Å²) in [5.74, 6) is 0.299. The Morgan fingerprint density at radius 2 is 1.96 bits per heavy atom. The first-order chi connectivity index (χ1) is 12.0. The number of benzene rings is 2. The largest absolute Gasteiger partial charge is 0.491 e. The summed E-state index contributed by atoms with van der Waals surface area (Å²) >= 11 is 11.3. The van der Waals surface area contributed by atoms with Gasteiger partial charge >= 0.3 is 5.97 Å². The molecule has 0 heterocycles. The Balaban J connectivity index is 1.88. The first-order valence-corrected chi connectivity index (χ1v) is 8.41. The van der Waals surface area contributed by atoms with Crippen molar-refractivity contribution in [2.45, 2.75) is 13.0 Å². The highest BCUT2D eigenvalue weighted by Gasteiger charge is 2.12. The van der Waals surface area contributed by atoms with E-state index in [0.717, 1.165) is 5.75 Å². The fourth-order valence-electron chi connectivity index (χ4n) is 2.04. The molecule has 2 aromatic carbocycles. The van der Waals surface area contributed by atoms with Crippen molar-refractivity contribution in [3.05, 3.63) is 59.1 Å². The minimum absolute atomic E-state index is 0.00687. The molecule has 0 saturated heterocycles. The molecular formula is C18H19ClN2O3S. The van der Waals surface area contributed by atoms with Crippen LogP contribution in [0.25, 0.3) is 0 Å². The lowest BCUT2D eigenvalue weighted by molar-refractivity contribution is 0.0601. The average molecular weight is 379 g/mol. The molecule has 2 aromatic rings. The van der Waals surface area contributed by atoms with Gasteiger partial charge < -0.3 is 20.1 Å². The van der Waals surface area contributed by atoms with Crippen LogP contribution < -0.4 is 15.4 Å². The van der Waals surface area contributed by atoms with Crippen molar-refractivity contribution in [2.24, 2.45) is 0 Å². The van der Waals surface area contributed by atoms with E-state index in [9.17, 15) is 4.79 Å². The number of anilines is 1. The maximum atomic E-state index is 11.7. The second-order valence-corrected chi connectivity index (χ2v) is 6.13. The predicted molar refractivity (Wildman–Crippen MR) is 104 cm³/mol. The smallest absolute Gasteiger partial charge is 0.339 e. The van der Waals surface area contributed by atoms with E-state index in [1.807, 2.05) is 37.3 Å². The fourth-order valence-corrected chi connectivity index (χ4v) is 2.55. The normalized spacial score (nSPS) is 11.3. The Bertz CT molecular complexity index is 740. The number of thiocarbonyl (C=S) groups is 1.